The number of nitrogens with zero attached hydrogens (tertiary/aromatic N) is 2. The molecule has 0 radical (unpaired) electrons. The average molecular weight is 292 g/mol. The fourth-order valence-corrected chi connectivity index (χ4v) is 2.68. The molecule has 0 aliphatic heterocycles. The van der Waals surface area contributed by atoms with Crippen molar-refractivity contribution in [1.29, 1.82) is 0 Å². The van der Waals surface area contributed by atoms with Crippen molar-refractivity contribution in [2.75, 3.05) is 11.1 Å². The fourth-order valence-electron chi connectivity index (χ4n) is 1.88. The molecule has 2 aromatic heterocycles. The predicted molar refractivity (Wildman–Crippen MR) is 77.6 cm³/mol. The van der Waals surface area contributed by atoms with Gasteiger partial charge in [-0.05, 0) is 31.3 Å². The standard InChI is InChI=1S/C12H16N6OS/c1-6(7-4-14-15-5-7)16-12-9(10(13)18-20-12)11(19)17-8-2-3-8/h4-6,8,16H,2-3H2,1H3,(H2,13,18)(H,14,15)(H,17,19). The summed E-state index contributed by atoms with van der Waals surface area (Å²) in [6, 6.07) is 0.307. The second kappa shape index (κ2) is 5.12. The first-order chi connectivity index (χ1) is 9.65. The summed E-state index contributed by atoms with van der Waals surface area (Å²) in [5, 5.41) is 13.6. The van der Waals surface area contributed by atoms with Gasteiger partial charge in [0.05, 0.1) is 12.2 Å². The van der Waals surface area contributed by atoms with E-state index in [1.165, 1.54) is 11.5 Å². The fraction of sp³-hybridized carbons (Fsp3) is 0.417. The Balaban J connectivity index is 1.77. The van der Waals surface area contributed by atoms with Crippen LogP contribution in [0.4, 0.5) is 10.8 Å². The van der Waals surface area contributed by atoms with Gasteiger partial charge in [0.2, 0.25) is 0 Å². The Kier molecular flexibility index (Phi) is 3.31. The van der Waals surface area contributed by atoms with Crippen LogP contribution in [0.3, 0.4) is 0 Å². The number of nitrogens with two attached hydrogens (primary N) is 1. The van der Waals surface area contributed by atoms with Crippen molar-refractivity contribution >= 4 is 28.3 Å². The number of H-pyrrole nitrogens is 1. The zero-order valence-electron chi connectivity index (χ0n) is 11.0. The molecular weight excluding hydrogens is 276 g/mol. The van der Waals surface area contributed by atoms with Gasteiger partial charge in [-0.3, -0.25) is 9.89 Å². The SMILES string of the molecule is CC(Nc1snc(N)c1C(=O)NC1CC1)c1cn[nH]c1. The quantitative estimate of drug-likeness (QED) is 0.668. The summed E-state index contributed by atoms with van der Waals surface area (Å²) in [6.45, 7) is 1.99. The molecule has 1 atom stereocenters. The van der Waals surface area contributed by atoms with E-state index >= 15 is 0 Å². The second-order valence-electron chi connectivity index (χ2n) is 4.92. The van der Waals surface area contributed by atoms with Gasteiger partial charge >= 0.3 is 0 Å². The van der Waals surface area contributed by atoms with E-state index in [-0.39, 0.29) is 17.8 Å². The number of anilines is 2. The molecule has 2 aromatic rings. The molecule has 3 rings (SSSR count). The highest BCUT2D eigenvalue weighted by molar-refractivity contribution is 7.11. The molecule has 1 amide bonds. The van der Waals surface area contributed by atoms with Crippen LogP contribution in [0.5, 0.6) is 0 Å². The minimum atomic E-state index is -0.152. The van der Waals surface area contributed by atoms with Crippen LogP contribution in [0.2, 0.25) is 0 Å². The number of amides is 1. The van der Waals surface area contributed by atoms with Crippen molar-refractivity contribution in [1.82, 2.24) is 19.9 Å². The number of rotatable bonds is 5. The van der Waals surface area contributed by atoms with Gasteiger partial charge in [0, 0.05) is 17.8 Å². The summed E-state index contributed by atoms with van der Waals surface area (Å²) >= 11 is 1.20. The minimum absolute atomic E-state index is 0.0149. The van der Waals surface area contributed by atoms with Crippen LogP contribution >= 0.6 is 11.5 Å². The van der Waals surface area contributed by atoms with Crippen LogP contribution in [0.1, 0.15) is 41.7 Å². The van der Waals surface area contributed by atoms with Gasteiger partial charge in [-0.1, -0.05) is 0 Å². The molecule has 1 unspecified atom stereocenters. The number of carbonyl (C=O) groups is 1. The van der Waals surface area contributed by atoms with Gasteiger partial charge in [0.25, 0.3) is 5.91 Å². The van der Waals surface area contributed by atoms with E-state index in [1.54, 1.807) is 6.20 Å². The van der Waals surface area contributed by atoms with Crippen molar-refractivity contribution in [3.8, 4) is 0 Å². The van der Waals surface area contributed by atoms with Crippen LogP contribution in [0.15, 0.2) is 12.4 Å². The maximum atomic E-state index is 12.2. The topological polar surface area (TPSA) is 109 Å². The Bertz CT molecular complexity index is 604. The molecular formula is C12H16N6OS. The number of hydrogen-bond donors (Lipinski definition) is 4. The molecule has 1 aliphatic carbocycles. The maximum absolute atomic E-state index is 12.2. The van der Waals surface area contributed by atoms with E-state index in [1.807, 2.05) is 13.1 Å². The number of aromatic nitrogens is 3. The third-order valence-corrected chi connectivity index (χ3v) is 4.02. The normalized spacial score (nSPS) is 15.8. The first-order valence-corrected chi connectivity index (χ1v) is 7.23. The smallest absolute Gasteiger partial charge is 0.258 e. The molecule has 1 fully saturated rings. The largest absolute Gasteiger partial charge is 0.382 e. The van der Waals surface area contributed by atoms with E-state index in [0.717, 1.165) is 18.4 Å². The summed E-state index contributed by atoms with van der Waals surface area (Å²) in [5.74, 6) is 0.121. The van der Waals surface area contributed by atoms with Crippen LogP contribution in [0, 0.1) is 0 Å². The van der Waals surface area contributed by atoms with E-state index in [9.17, 15) is 4.79 Å². The molecule has 8 heteroatoms. The first kappa shape index (κ1) is 12.9. The Labute approximate surface area is 120 Å². The van der Waals surface area contributed by atoms with E-state index in [4.69, 9.17) is 5.73 Å². The Hall–Kier alpha value is -2.09. The third kappa shape index (κ3) is 2.60. The van der Waals surface area contributed by atoms with Crippen LogP contribution in [-0.4, -0.2) is 26.5 Å². The summed E-state index contributed by atoms with van der Waals surface area (Å²) in [4.78, 5) is 12.2. The Morgan fingerprint density at radius 3 is 3.05 bits per heavy atom. The molecule has 20 heavy (non-hydrogen) atoms. The lowest BCUT2D eigenvalue weighted by Crippen LogP contribution is -2.26. The lowest BCUT2D eigenvalue weighted by atomic mass is 10.2. The van der Waals surface area contributed by atoms with Crippen molar-refractivity contribution in [3.05, 3.63) is 23.5 Å². The van der Waals surface area contributed by atoms with Gasteiger partial charge in [0.1, 0.15) is 10.6 Å². The van der Waals surface area contributed by atoms with Gasteiger partial charge < -0.3 is 16.4 Å². The molecule has 7 nitrogen and oxygen atoms in total. The number of carbonyl (C=O) groups excluding carboxylic acids is 1. The molecule has 2 heterocycles. The van der Waals surface area contributed by atoms with E-state index < -0.39 is 0 Å². The van der Waals surface area contributed by atoms with E-state index in [0.29, 0.717) is 16.6 Å². The minimum Gasteiger partial charge on any atom is -0.382 e. The lowest BCUT2D eigenvalue weighted by molar-refractivity contribution is 0.0953. The number of nitrogens with one attached hydrogen (secondary N) is 3. The van der Waals surface area contributed by atoms with Crippen molar-refractivity contribution in [2.45, 2.75) is 31.8 Å². The molecule has 0 saturated heterocycles. The summed E-state index contributed by atoms with van der Waals surface area (Å²) in [7, 11) is 0. The van der Waals surface area contributed by atoms with Crippen LogP contribution in [0.25, 0.3) is 0 Å². The third-order valence-electron chi connectivity index (χ3n) is 3.23. The maximum Gasteiger partial charge on any atom is 0.258 e. The first-order valence-electron chi connectivity index (χ1n) is 6.46. The van der Waals surface area contributed by atoms with Crippen LogP contribution in [-0.2, 0) is 0 Å². The Morgan fingerprint density at radius 1 is 1.60 bits per heavy atom. The summed E-state index contributed by atoms with van der Waals surface area (Å²) in [5.41, 5.74) is 7.26. The molecule has 1 saturated carbocycles. The number of hydrogen-bond acceptors (Lipinski definition) is 6. The zero-order valence-corrected chi connectivity index (χ0v) is 11.8. The van der Waals surface area contributed by atoms with Gasteiger partial charge in [-0.2, -0.15) is 9.47 Å². The van der Waals surface area contributed by atoms with Gasteiger partial charge in [0.15, 0.2) is 5.82 Å². The van der Waals surface area contributed by atoms with Gasteiger partial charge in [-0.25, -0.2) is 0 Å². The number of aromatic amines is 1. The lowest BCUT2D eigenvalue weighted by Gasteiger charge is -2.13. The summed E-state index contributed by atoms with van der Waals surface area (Å²) in [6.07, 6.45) is 5.63. The number of nitrogen functional groups attached to an aromatic ring is 1. The summed E-state index contributed by atoms with van der Waals surface area (Å²) < 4.78 is 4.07. The average Bonchev–Trinajstić information content (AvgIpc) is 2.93. The molecule has 106 valence electrons. The zero-order chi connectivity index (χ0) is 14.1. The highest BCUT2D eigenvalue weighted by atomic mass is 32.1. The Morgan fingerprint density at radius 2 is 2.40 bits per heavy atom. The van der Waals surface area contributed by atoms with Crippen LogP contribution < -0.4 is 16.4 Å². The molecule has 0 spiro atoms. The molecule has 0 bridgehead atoms. The van der Waals surface area contributed by atoms with Crippen molar-refractivity contribution in [3.63, 3.8) is 0 Å². The predicted octanol–water partition coefficient (Wildman–Crippen LogP) is 1.51. The van der Waals surface area contributed by atoms with E-state index in [2.05, 4.69) is 25.2 Å². The second-order valence-corrected chi connectivity index (χ2v) is 5.69. The monoisotopic (exact) mass is 292 g/mol. The highest BCUT2D eigenvalue weighted by Crippen LogP contribution is 2.31. The molecule has 5 N–H and O–H groups in total. The highest BCUT2D eigenvalue weighted by Gasteiger charge is 2.27. The van der Waals surface area contributed by atoms with Crippen molar-refractivity contribution in [2.24, 2.45) is 0 Å². The van der Waals surface area contributed by atoms with Crippen molar-refractivity contribution < 1.29 is 4.79 Å². The molecule has 1 aliphatic rings. The molecule has 0 aromatic carbocycles. The van der Waals surface area contributed by atoms with Gasteiger partial charge in [-0.15, -0.1) is 0 Å².